The molecule has 0 bridgehead atoms. The van der Waals surface area contributed by atoms with Gasteiger partial charge in [0, 0.05) is 12.6 Å². The van der Waals surface area contributed by atoms with Gasteiger partial charge in [0.05, 0.1) is 0 Å². The highest BCUT2D eigenvalue weighted by molar-refractivity contribution is 5.93. The standard InChI is InChI=1S/C13H20N4O/c1-9(2)11-6-4-8-17(11)13(18)10-5-3-7-12(15-10)16-14/h3,5,7,9,11H,4,6,8,14H2,1-2H3,(H,15,16). The highest BCUT2D eigenvalue weighted by atomic mass is 16.2. The summed E-state index contributed by atoms with van der Waals surface area (Å²) in [5.74, 6) is 6.31. The van der Waals surface area contributed by atoms with Crippen LogP contribution < -0.4 is 11.3 Å². The molecular formula is C13H20N4O. The molecule has 1 aliphatic rings. The van der Waals surface area contributed by atoms with Gasteiger partial charge in [0.25, 0.3) is 5.91 Å². The first-order chi connectivity index (χ1) is 8.63. The van der Waals surface area contributed by atoms with E-state index in [0.29, 0.717) is 23.5 Å². The Morgan fingerprint density at radius 2 is 2.33 bits per heavy atom. The maximum Gasteiger partial charge on any atom is 0.272 e. The van der Waals surface area contributed by atoms with Crippen molar-refractivity contribution in [2.75, 3.05) is 12.0 Å². The van der Waals surface area contributed by atoms with E-state index in [1.54, 1.807) is 18.2 Å². The molecule has 2 heterocycles. The minimum absolute atomic E-state index is 0.00306. The number of nitrogens with one attached hydrogen (secondary N) is 1. The van der Waals surface area contributed by atoms with Crippen molar-refractivity contribution in [3.63, 3.8) is 0 Å². The lowest BCUT2D eigenvalue weighted by Crippen LogP contribution is -2.39. The SMILES string of the molecule is CC(C)C1CCCN1C(=O)c1cccc(NN)n1. The lowest BCUT2D eigenvalue weighted by molar-refractivity contribution is 0.0695. The highest BCUT2D eigenvalue weighted by Crippen LogP contribution is 2.25. The van der Waals surface area contributed by atoms with Crippen molar-refractivity contribution < 1.29 is 4.79 Å². The summed E-state index contributed by atoms with van der Waals surface area (Å²) in [7, 11) is 0. The van der Waals surface area contributed by atoms with Crippen molar-refractivity contribution in [3.8, 4) is 0 Å². The van der Waals surface area contributed by atoms with E-state index in [1.807, 2.05) is 4.90 Å². The third-order valence-electron chi connectivity index (χ3n) is 3.45. The summed E-state index contributed by atoms with van der Waals surface area (Å²) in [6.07, 6.45) is 2.15. The van der Waals surface area contributed by atoms with Crippen LogP contribution in [0.2, 0.25) is 0 Å². The molecule has 1 fully saturated rings. The van der Waals surface area contributed by atoms with Gasteiger partial charge >= 0.3 is 0 Å². The molecule has 0 aliphatic carbocycles. The molecule has 18 heavy (non-hydrogen) atoms. The largest absolute Gasteiger partial charge is 0.334 e. The Labute approximate surface area is 107 Å². The second kappa shape index (κ2) is 5.35. The van der Waals surface area contributed by atoms with Crippen LogP contribution in [0.3, 0.4) is 0 Å². The Kier molecular flexibility index (Phi) is 3.81. The number of nitrogens with zero attached hydrogens (tertiary/aromatic N) is 2. The number of rotatable bonds is 3. The van der Waals surface area contributed by atoms with Gasteiger partial charge in [-0.2, -0.15) is 0 Å². The van der Waals surface area contributed by atoms with Crippen LogP contribution in [0, 0.1) is 5.92 Å². The number of anilines is 1. The van der Waals surface area contributed by atoms with Crippen molar-refractivity contribution >= 4 is 11.7 Å². The normalized spacial score (nSPS) is 19.3. The van der Waals surface area contributed by atoms with E-state index in [1.165, 1.54) is 0 Å². The molecule has 0 aromatic carbocycles. The molecule has 0 radical (unpaired) electrons. The maximum absolute atomic E-state index is 12.4. The number of hydrazine groups is 1. The third kappa shape index (κ3) is 2.46. The first-order valence-corrected chi connectivity index (χ1v) is 6.38. The minimum Gasteiger partial charge on any atom is -0.334 e. The number of carbonyl (C=O) groups excluding carboxylic acids is 1. The lowest BCUT2D eigenvalue weighted by atomic mass is 10.0. The maximum atomic E-state index is 12.4. The lowest BCUT2D eigenvalue weighted by Gasteiger charge is -2.27. The van der Waals surface area contributed by atoms with E-state index >= 15 is 0 Å². The number of carbonyl (C=O) groups is 1. The molecule has 1 saturated heterocycles. The molecule has 1 amide bonds. The Balaban J connectivity index is 2.19. The van der Waals surface area contributed by atoms with Crippen LogP contribution in [-0.4, -0.2) is 28.4 Å². The summed E-state index contributed by atoms with van der Waals surface area (Å²) in [5, 5.41) is 0. The van der Waals surface area contributed by atoms with Gasteiger partial charge in [-0.3, -0.25) is 4.79 Å². The summed E-state index contributed by atoms with van der Waals surface area (Å²) in [6, 6.07) is 5.59. The monoisotopic (exact) mass is 248 g/mol. The van der Waals surface area contributed by atoms with Gasteiger partial charge < -0.3 is 10.3 Å². The number of hydrogen-bond donors (Lipinski definition) is 2. The molecule has 1 aromatic heterocycles. The summed E-state index contributed by atoms with van der Waals surface area (Å²) < 4.78 is 0. The van der Waals surface area contributed by atoms with Crippen molar-refractivity contribution in [2.24, 2.45) is 11.8 Å². The highest BCUT2D eigenvalue weighted by Gasteiger charge is 2.31. The van der Waals surface area contributed by atoms with E-state index in [-0.39, 0.29) is 5.91 Å². The molecule has 1 aliphatic heterocycles. The smallest absolute Gasteiger partial charge is 0.272 e. The molecule has 98 valence electrons. The van der Waals surface area contributed by atoms with Gasteiger partial charge in [-0.15, -0.1) is 0 Å². The zero-order valence-electron chi connectivity index (χ0n) is 10.9. The van der Waals surface area contributed by atoms with Gasteiger partial charge in [0.1, 0.15) is 11.5 Å². The van der Waals surface area contributed by atoms with Gasteiger partial charge in [0.15, 0.2) is 0 Å². The molecule has 1 aromatic rings. The second-order valence-corrected chi connectivity index (χ2v) is 5.00. The molecule has 5 nitrogen and oxygen atoms in total. The van der Waals surface area contributed by atoms with Crippen molar-refractivity contribution in [2.45, 2.75) is 32.7 Å². The van der Waals surface area contributed by atoms with Crippen molar-refractivity contribution in [1.82, 2.24) is 9.88 Å². The van der Waals surface area contributed by atoms with Gasteiger partial charge in [-0.1, -0.05) is 19.9 Å². The first-order valence-electron chi connectivity index (χ1n) is 6.38. The van der Waals surface area contributed by atoms with Crippen molar-refractivity contribution in [1.29, 1.82) is 0 Å². The average Bonchev–Trinajstić information content (AvgIpc) is 2.87. The number of hydrogen-bond acceptors (Lipinski definition) is 4. The Bertz CT molecular complexity index is 433. The topological polar surface area (TPSA) is 71.2 Å². The van der Waals surface area contributed by atoms with Gasteiger partial charge in [-0.05, 0) is 30.9 Å². The molecule has 2 rings (SSSR count). The Morgan fingerprint density at radius 3 is 3.00 bits per heavy atom. The molecule has 1 atom stereocenters. The van der Waals surface area contributed by atoms with Crippen LogP contribution in [-0.2, 0) is 0 Å². The molecule has 5 heteroatoms. The number of amides is 1. The quantitative estimate of drug-likeness (QED) is 0.630. The summed E-state index contributed by atoms with van der Waals surface area (Å²) in [6.45, 7) is 5.13. The number of pyridine rings is 1. The average molecular weight is 248 g/mol. The number of likely N-dealkylation sites (tertiary alicyclic amines) is 1. The predicted molar refractivity (Wildman–Crippen MR) is 70.9 cm³/mol. The van der Waals surface area contributed by atoms with Gasteiger partial charge in [-0.25, -0.2) is 10.8 Å². The molecule has 3 N–H and O–H groups in total. The van der Waals surface area contributed by atoms with Gasteiger partial charge in [0.2, 0.25) is 0 Å². The minimum atomic E-state index is 0.00306. The number of aromatic nitrogens is 1. The van der Waals surface area contributed by atoms with Crippen LogP contribution in [0.1, 0.15) is 37.2 Å². The zero-order chi connectivity index (χ0) is 13.1. The van der Waals surface area contributed by atoms with Crippen LogP contribution in [0.4, 0.5) is 5.82 Å². The van der Waals surface area contributed by atoms with E-state index in [4.69, 9.17) is 5.84 Å². The molecule has 0 spiro atoms. The van der Waals surface area contributed by atoms with Crippen LogP contribution in [0.15, 0.2) is 18.2 Å². The fourth-order valence-corrected chi connectivity index (χ4v) is 2.52. The third-order valence-corrected chi connectivity index (χ3v) is 3.45. The van der Waals surface area contributed by atoms with Crippen molar-refractivity contribution in [3.05, 3.63) is 23.9 Å². The van der Waals surface area contributed by atoms with E-state index in [0.717, 1.165) is 19.4 Å². The Morgan fingerprint density at radius 1 is 1.56 bits per heavy atom. The summed E-state index contributed by atoms with van der Waals surface area (Å²) in [4.78, 5) is 18.6. The molecule has 0 saturated carbocycles. The zero-order valence-corrected chi connectivity index (χ0v) is 10.9. The van der Waals surface area contributed by atoms with E-state index in [2.05, 4.69) is 24.3 Å². The van der Waals surface area contributed by atoms with Crippen LogP contribution in [0.5, 0.6) is 0 Å². The number of nitrogen functional groups attached to an aromatic ring is 1. The van der Waals surface area contributed by atoms with Crippen LogP contribution in [0.25, 0.3) is 0 Å². The van der Waals surface area contributed by atoms with Crippen LogP contribution >= 0.6 is 0 Å². The fraction of sp³-hybridized carbons (Fsp3) is 0.538. The number of nitrogens with two attached hydrogens (primary N) is 1. The summed E-state index contributed by atoms with van der Waals surface area (Å²) in [5.41, 5.74) is 2.92. The predicted octanol–water partition coefficient (Wildman–Crippen LogP) is 1.63. The van der Waals surface area contributed by atoms with E-state index in [9.17, 15) is 4.79 Å². The molecule has 1 unspecified atom stereocenters. The fourth-order valence-electron chi connectivity index (χ4n) is 2.52. The first kappa shape index (κ1) is 12.8. The summed E-state index contributed by atoms with van der Waals surface area (Å²) >= 11 is 0. The Hall–Kier alpha value is -1.62. The second-order valence-electron chi connectivity index (χ2n) is 5.00. The van der Waals surface area contributed by atoms with E-state index < -0.39 is 0 Å². The molecular weight excluding hydrogens is 228 g/mol.